The van der Waals surface area contributed by atoms with Crippen LogP contribution in [0.4, 0.5) is 0 Å². The van der Waals surface area contributed by atoms with Gasteiger partial charge >= 0.3 is 0 Å². The van der Waals surface area contributed by atoms with Crippen LogP contribution in [0, 0.1) is 0 Å². The third-order valence-electron chi connectivity index (χ3n) is 1.13. The minimum absolute atomic E-state index is 0.301. The van der Waals surface area contributed by atoms with Crippen molar-refractivity contribution in [1.82, 2.24) is 0 Å². The molecule has 60 valence electrons. The second-order valence-corrected chi connectivity index (χ2v) is 2.28. The lowest BCUT2D eigenvalue weighted by Gasteiger charge is -2.15. The van der Waals surface area contributed by atoms with E-state index in [1.807, 2.05) is 0 Å². The molecule has 0 aromatic carbocycles. The molecular formula is C6H11BrO3. The lowest BCUT2D eigenvalue weighted by Crippen LogP contribution is -2.29. The van der Waals surface area contributed by atoms with Gasteiger partial charge in [0.05, 0.1) is 22.9 Å². The quantitative estimate of drug-likeness (QED) is 0.655. The molecular weight excluding hydrogens is 200 g/mol. The van der Waals surface area contributed by atoms with Gasteiger partial charge in [-0.2, -0.15) is 0 Å². The van der Waals surface area contributed by atoms with Crippen molar-refractivity contribution in [3.05, 3.63) is 12.7 Å². The van der Waals surface area contributed by atoms with Gasteiger partial charge in [-0.15, -0.1) is 6.58 Å². The Morgan fingerprint density at radius 1 is 1.70 bits per heavy atom. The van der Waals surface area contributed by atoms with Gasteiger partial charge in [-0.1, -0.05) is 6.08 Å². The van der Waals surface area contributed by atoms with Crippen LogP contribution in [-0.4, -0.2) is 29.0 Å². The summed E-state index contributed by atoms with van der Waals surface area (Å²) in [5, 5.41) is 17.5. The van der Waals surface area contributed by atoms with Crippen LogP contribution in [0.15, 0.2) is 12.7 Å². The van der Waals surface area contributed by atoms with Crippen molar-refractivity contribution in [2.45, 2.75) is 18.6 Å². The molecule has 0 saturated heterocycles. The summed E-state index contributed by atoms with van der Waals surface area (Å²) in [6.07, 6.45) is 0.859. The van der Waals surface area contributed by atoms with Gasteiger partial charge in [-0.3, -0.25) is 0 Å². The van der Waals surface area contributed by atoms with Gasteiger partial charge in [-0.05, 0) is 6.42 Å². The van der Waals surface area contributed by atoms with Crippen molar-refractivity contribution < 1.29 is 14.0 Å². The van der Waals surface area contributed by atoms with E-state index < -0.39 is 12.2 Å². The molecule has 0 amide bonds. The molecule has 0 aliphatic heterocycles. The fourth-order valence-electron chi connectivity index (χ4n) is 0.535. The van der Waals surface area contributed by atoms with Gasteiger partial charge in [-0.25, -0.2) is 0 Å². The Morgan fingerprint density at radius 3 is 2.60 bits per heavy atom. The number of aliphatic hydroxyl groups is 2. The minimum Gasteiger partial charge on any atom is -0.394 e. The van der Waals surface area contributed by atoms with E-state index in [0.29, 0.717) is 6.42 Å². The van der Waals surface area contributed by atoms with Gasteiger partial charge in [0.25, 0.3) is 0 Å². The van der Waals surface area contributed by atoms with E-state index >= 15 is 0 Å². The second kappa shape index (κ2) is 5.85. The highest BCUT2D eigenvalue weighted by atomic mass is 79.9. The van der Waals surface area contributed by atoms with Crippen molar-refractivity contribution in [3.63, 3.8) is 0 Å². The van der Waals surface area contributed by atoms with Crippen LogP contribution in [0.3, 0.4) is 0 Å². The Balaban J connectivity index is 3.67. The Kier molecular flexibility index (Phi) is 5.91. The highest BCUT2D eigenvalue weighted by Gasteiger charge is 2.16. The average molecular weight is 211 g/mol. The molecule has 0 saturated carbocycles. The Morgan fingerprint density at radius 2 is 2.30 bits per heavy atom. The fourth-order valence-corrected chi connectivity index (χ4v) is 0.936. The molecule has 3 nitrogen and oxygen atoms in total. The maximum atomic E-state index is 9.00. The van der Waals surface area contributed by atoms with Crippen molar-refractivity contribution in [1.29, 1.82) is 0 Å². The average Bonchev–Trinajstić information content (AvgIpc) is 1.99. The maximum Gasteiger partial charge on any atom is 0.105 e. The maximum absolute atomic E-state index is 9.00. The number of halogens is 1. The molecule has 0 aromatic rings. The van der Waals surface area contributed by atoms with Crippen LogP contribution in [0.25, 0.3) is 0 Å². The standard InChI is InChI=1S/C6H11BrO3/c1-2-3-6(10-7)5(9)4-8/h2,5-6,8-9H,1,3-4H2. The Bertz CT molecular complexity index is 97.0. The van der Waals surface area contributed by atoms with Crippen molar-refractivity contribution in [3.8, 4) is 0 Å². The summed E-state index contributed by atoms with van der Waals surface area (Å²) < 4.78 is 4.67. The molecule has 10 heavy (non-hydrogen) atoms. The molecule has 2 atom stereocenters. The molecule has 0 aliphatic carbocycles. The molecule has 0 heterocycles. The predicted octanol–water partition coefficient (Wildman–Crippen LogP) is 0.611. The van der Waals surface area contributed by atoms with Crippen LogP contribution >= 0.6 is 16.3 Å². The zero-order valence-electron chi connectivity index (χ0n) is 5.53. The Hall–Kier alpha value is 0.100. The molecule has 0 fully saturated rings. The highest BCUT2D eigenvalue weighted by molar-refractivity contribution is 9.06. The van der Waals surface area contributed by atoms with E-state index in [1.54, 1.807) is 6.08 Å². The summed E-state index contributed by atoms with van der Waals surface area (Å²) in [6, 6.07) is 0. The molecule has 0 bridgehead atoms. The van der Waals surface area contributed by atoms with Crippen molar-refractivity contribution in [2.24, 2.45) is 0 Å². The third-order valence-corrected chi connectivity index (χ3v) is 1.61. The zero-order valence-corrected chi connectivity index (χ0v) is 7.12. The SMILES string of the molecule is C=CCC(OBr)C(O)CO. The van der Waals surface area contributed by atoms with Gasteiger partial charge in [0, 0.05) is 0 Å². The van der Waals surface area contributed by atoms with Crippen molar-refractivity contribution in [2.75, 3.05) is 6.61 Å². The van der Waals surface area contributed by atoms with Crippen LogP contribution < -0.4 is 0 Å². The fraction of sp³-hybridized carbons (Fsp3) is 0.667. The number of hydrogen-bond acceptors (Lipinski definition) is 3. The van der Waals surface area contributed by atoms with E-state index in [4.69, 9.17) is 10.2 Å². The molecule has 0 aromatic heterocycles. The molecule has 2 N–H and O–H groups in total. The van der Waals surface area contributed by atoms with Crippen LogP contribution in [0.2, 0.25) is 0 Å². The van der Waals surface area contributed by atoms with Crippen LogP contribution in [-0.2, 0) is 3.83 Å². The van der Waals surface area contributed by atoms with E-state index in [-0.39, 0.29) is 6.61 Å². The lowest BCUT2D eigenvalue weighted by atomic mass is 10.1. The topological polar surface area (TPSA) is 49.7 Å². The summed E-state index contributed by atoms with van der Waals surface area (Å²) >= 11 is 2.74. The second-order valence-electron chi connectivity index (χ2n) is 1.90. The molecule has 4 heteroatoms. The number of hydrogen-bond donors (Lipinski definition) is 2. The lowest BCUT2D eigenvalue weighted by molar-refractivity contribution is 0.0139. The minimum atomic E-state index is -0.850. The van der Waals surface area contributed by atoms with Crippen LogP contribution in [0.1, 0.15) is 6.42 Å². The smallest absolute Gasteiger partial charge is 0.105 e. The largest absolute Gasteiger partial charge is 0.394 e. The van der Waals surface area contributed by atoms with Gasteiger partial charge < -0.3 is 14.0 Å². The first-order valence-electron chi connectivity index (χ1n) is 2.93. The number of aliphatic hydroxyl groups excluding tert-OH is 2. The van der Waals surface area contributed by atoms with E-state index in [9.17, 15) is 0 Å². The van der Waals surface area contributed by atoms with E-state index in [0.717, 1.165) is 0 Å². The van der Waals surface area contributed by atoms with Crippen molar-refractivity contribution >= 4 is 16.3 Å². The molecule has 0 aliphatic rings. The normalized spacial score (nSPS) is 16.3. The summed E-state index contributed by atoms with van der Waals surface area (Å²) in [4.78, 5) is 0. The van der Waals surface area contributed by atoms with Gasteiger partial charge in [0.2, 0.25) is 0 Å². The van der Waals surface area contributed by atoms with Gasteiger partial charge in [0.15, 0.2) is 0 Å². The highest BCUT2D eigenvalue weighted by Crippen LogP contribution is 2.08. The Labute approximate surface area is 68.8 Å². The zero-order chi connectivity index (χ0) is 7.98. The summed E-state index contributed by atoms with van der Waals surface area (Å²) in [7, 11) is 0. The summed E-state index contributed by atoms with van der Waals surface area (Å²) in [5.74, 6) is 0. The molecule has 2 unspecified atom stereocenters. The predicted molar refractivity (Wildman–Crippen MR) is 41.7 cm³/mol. The first-order valence-corrected chi connectivity index (χ1v) is 3.58. The monoisotopic (exact) mass is 210 g/mol. The van der Waals surface area contributed by atoms with E-state index in [2.05, 4.69) is 26.7 Å². The van der Waals surface area contributed by atoms with Gasteiger partial charge in [0.1, 0.15) is 12.2 Å². The molecule has 0 rings (SSSR count). The summed E-state index contributed by atoms with van der Waals surface area (Å²) in [6.45, 7) is 3.17. The van der Waals surface area contributed by atoms with E-state index in [1.165, 1.54) is 0 Å². The number of rotatable bonds is 5. The third kappa shape index (κ3) is 3.31. The van der Waals surface area contributed by atoms with Crippen LogP contribution in [0.5, 0.6) is 0 Å². The first kappa shape index (κ1) is 10.1. The first-order chi connectivity index (χ1) is 4.76. The molecule has 0 radical (unpaired) electrons. The summed E-state index contributed by atoms with van der Waals surface area (Å²) in [5.41, 5.74) is 0. The molecule has 0 spiro atoms.